The van der Waals surface area contributed by atoms with Crippen LogP contribution in [0.25, 0.3) is 0 Å². The van der Waals surface area contributed by atoms with Crippen molar-refractivity contribution in [3.63, 3.8) is 0 Å². The van der Waals surface area contributed by atoms with Crippen molar-refractivity contribution in [3.8, 4) is 0 Å². The molecule has 4 aliphatic carbocycles. The van der Waals surface area contributed by atoms with Gasteiger partial charge in [0.2, 0.25) is 0 Å². The summed E-state index contributed by atoms with van der Waals surface area (Å²) in [6, 6.07) is 0. The molecule has 0 radical (unpaired) electrons. The van der Waals surface area contributed by atoms with Crippen molar-refractivity contribution >= 4 is 5.97 Å². The van der Waals surface area contributed by atoms with Crippen molar-refractivity contribution in [2.75, 3.05) is 0 Å². The van der Waals surface area contributed by atoms with Crippen LogP contribution >= 0.6 is 0 Å². The highest BCUT2D eigenvalue weighted by atomic mass is 16.5. The average Bonchev–Trinajstić information content (AvgIpc) is 2.83. The maximum atomic E-state index is 11.3. The smallest absolute Gasteiger partial charge is 0.302 e. The van der Waals surface area contributed by atoms with Crippen LogP contribution in [0, 0.1) is 28.6 Å². The van der Waals surface area contributed by atoms with Crippen molar-refractivity contribution in [1.82, 2.24) is 0 Å². The van der Waals surface area contributed by atoms with Gasteiger partial charge in [0.1, 0.15) is 6.10 Å². The fourth-order valence-corrected chi connectivity index (χ4v) is 7.04. The highest BCUT2D eigenvalue weighted by Crippen LogP contribution is 2.64. The normalized spacial score (nSPS) is 53.2. The molecule has 0 aromatic heterocycles. The summed E-state index contributed by atoms with van der Waals surface area (Å²) in [5, 5.41) is 32.7. The van der Waals surface area contributed by atoms with E-state index in [1.54, 1.807) is 0 Å². The molecule has 0 amide bonds. The molecule has 4 aliphatic rings. The molecule has 9 atom stereocenters. The Morgan fingerprint density at radius 3 is 2.62 bits per heavy atom. The molecule has 0 heterocycles. The first kappa shape index (κ1) is 18.5. The Kier molecular flexibility index (Phi) is 4.29. The van der Waals surface area contributed by atoms with Crippen LogP contribution in [0.4, 0.5) is 0 Å². The first-order chi connectivity index (χ1) is 12.2. The second-order valence-corrected chi connectivity index (χ2v) is 9.65. The number of aliphatic hydroxyl groups excluding tert-OH is 3. The molecule has 26 heavy (non-hydrogen) atoms. The molecule has 0 saturated heterocycles. The van der Waals surface area contributed by atoms with Crippen LogP contribution in [0.3, 0.4) is 0 Å². The summed E-state index contributed by atoms with van der Waals surface area (Å²) in [6.07, 6.45) is 4.88. The summed E-state index contributed by atoms with van der Waals surface area (Å²) in [4.78, 5) is 11.3. The molecule has 0 bridgehead atoms. The molecule has 5 nitrogen and oxygen atoms in total. The molecule has 4 rings (SSSR count). The fraction of sp³-hybridized carbons (Fsp3) is 0.857. The van der Waals surface area contributed by atoms with Gasteiger partial charge in [-0.15, -0.1) is 0 Å². The Morgan fingerprint density at radius 2 is 1.92 bits per heavy atom. The number of esters is 1. The lowest BCUT2D eigenvalue weighted by Gasteiger charge is -2.60. The first-order valence-electron chi connectivity index (χ1n) is 10.1. The van der Waals surface area contributed by atoms with Crippen LogP contribution < -0.4 is 0 Å². The number of aliphatic hydroxyl groups is 3. The zero-order chi connectivity index (χ0) is 18.9. The molecule has 0 aromatic rings. The largest absolute Gasteiger partial charge is 0.462 e. The van der Waals surface area contributed by atoms with E-state index in [1.807, 2.05) is 6.08 Å². The third-order valence-corrected chi connectivity index (χ3v) is 8.30. The number of carbonyl (C=O) groups excluding carboxylic acids is 1. The second-order valence-electron chi connectivity index (χ2n) is 9.65. The monoisotopic (exact) mass is 364 g/mol. The lowest BCUT2D eigenvalue weighted by Crippen LogP contribution is -2.60. The predicted molar refractivity (Wildman–Crippen MR) is 96.0 cm³/mol. The van der Waals surface area contributed by atoms with Gasteiger partial charge in [-0.05, 0) is 60.7 Å². The van der Waals surface area contributed by atoms with E-state index >= 15 is 0 Å². The quantitative estimate of drug-likeness (QED) is 0.490. The van der Waals surface area contributed by atoms with Gasteiger partial charge < -0.3 is 20.1 Å². The van der Waals surface area contributed by atoms with Gasteiger partial charge in [0.25, 0.3) is 0 Å². The van der Waals surface area contributed by atoms with Crippen LogP contribution in [0.1, 0.15) is 59.3 Å². The van der Waals surface area contributed by atoms with Crippen molar-refractivity contribution in [1.29, 1.82) is 0 Å². The Balaban J connectivity index is 1.69. The minimum absolute atomic E-state index is 0.000784. The van der Waals surface area contributed by atoms with Crippen LogP contribution in [0.15, 0.2) is 11.6 Å². The SMILES string of the molecule is CC(=O)OC1CC[C@@]2(C)C(=CC(O)[C@@H]3[C@H]2C(O)C[C@]2(C)C(O)CC[C@@H]32)C1. The molecular weight excluding hydrogens is 332 g/mol. The van der Waals surface area contributed by atoms with Crippen LogP contribution in [0.2, 0.25) is 0 Å². The van der Waals surface area contributed by atoms with Gasteiger partial charge in [-0.25, -0.2) is 0 Å². The number of rotatable bonds is 1. The number of ether oxygens (including phenoxy) is 1. The summed E-state index contributed by atoms with van der Waals surface area (Å²) >= 11 is 0. The van der Waals surface area contributed by atoms with Gasteiger partial charge in [-0.3, -0.25) is 4.79 Å². The second kappa shape index (κ2) is 6.05. The zero-order valence-electron chi connectivity index (χ0n) is 16.0. The summed E-state index contributed by atoms with van der Waals surface area (Å²) in [5.74, 6) is -0.0392. The minimum Gasteiger partial charge on any atom is -0.462 e. The molecule has 3 N–H and O–H groups in total. The maximum Gasteiger partial charge on any atom is 0.302 e. The summed E-state index contributed by atoms with van der Waals surface area (Å²) in [7, 11) is 0. The van der Waals surface area contributed by atoms with Crippen LogP contribution in [0.5, 0.6) is 0 Å². The molecule has 4 unspecified atom stereocenters. The standard InChI is InChI=1S/C21H32O5/c1-11(22)26-13-6-7-20(2)12(8-13)9-15(23)18-14-4-5-17(25)21(14,3)10-16(24)19(18)20/h9,13-19,23-25H,4-8,10H2,1-3H3/t13?,14-,15?,16?,17?,18+,19+,20-,21-/m0/s1. The fourth-order valence-electron chi connectivity index (χ4n) is 7.04. The van der Waals surface area contributed by atoms with Crippen molar-refractivity contribution in [3.05, 3.63) is 11.6 Å². The average molecular weight is 364 g/mol. The van der Waals surface area contributed by atoms with E-state index in [9.17, 15) is 20.1 Å². The molecule has 146 valence electrons. The molecule has 0 aromatic carbocycles. The van der Waals surface area contributed by atoms with Crippen LogP contribution in [-0.4, -0.2) is 45.7 Å². The third-order valence-electron chi connectivity index (χ3n) is 8.30. The molecule has 0 aliphatic heterocycles. The Labute approximate surface area is 155 Å². The highest BCUT2D eigenvalue weighted by Gasteiger charge is 2.63. The topological polar surface area (TPSA) is 87.0 Å². The molecule has 3 fully saturated rings. The van der Waals surface area contributed by atoms with Gasteiger partial charge in [-0.1, -0.05) is 25.5 Å². The molecule has 5 heteroatoms. The van der Waals surface area contributed by atoms with E-state index in [0.717, 1.165) is 31.3 Å². The van der Waals surface area contributed by atoms with Crippen molar-refractivity contribution in [2.45, 2.75) is 83.7 Å². The van der Waals surface area contributed by atoms with Crippen molar-refractivity contribution in [2.24, 2.45) is 28.6 Å². The Morgan fingerprint density at radius 1 is 1.19 bits per heavy atom. The molecule has 3 saturated carbocycles. The lowest BCUT2D eigenvalue weighted by atomic mass is 9.46. The highest BCUT2D eigenvalue weighted by molar-refractivity contribution is 5.66. The summed E-state index contributed by atoms with van der Waals surface area (Å²) < 4.78 is 5.43. The van der Waals surface area contributed by atoms with Crippen LogP contribution in [-0.2, 0) is 9.53 Å². The van der Waals surface area contributed by atoms with Gasteiger partial charge in [-0.2, -0.15) is 0 Å². The number of fused-ring (bicyclic) bond motifs is 5. The maximum absolute atomic E-state index is 11.3. The number of hydrogen-bond acceptors (Lipinski definition) is 5. The number of hydrogen-bond donors (Lipinski definition) is 3. The van der Waals surface area contributed by atoms with E-state index in [2.05, 4.69) is 13.8 Å². The summed E-state index contributed by atoms with van der Waals surface area (Å²) in [5.41, 5.74) is 0.650. The van der Waals surface area contributed by atoms with E-state index < -0.39 is 18.3 Å². The van der Waals surface area contributed by atoms with E-state index in [0.29, 0.717) is 12.8 Å². The van der Waals surface area contributed by atoms with E-state index in [-0.39, 0.29) is 40.7 Å². The zero-order valence-corrected chi connectivity index (χ0v) is 16.0. The minimum atomic E-state index is -0.608. The number of carbonyl (C=O) groups is 1. The molecule has 0 spiro atoms. The summed E-state index contributed by atoms with van der Waals surface area (Å²) in [6.45, 7) is 5.73. The Hall–Kier alpha value is -0.910. The van der Waals surface area contributed by atoms with Crippen molar-refractivity contribution < 1.29 is 24.9 Å². The molecular formula is C21H32O5. The van der Waals surface area contributed by atoms with E-state index in [1.165, 1.54) is 6.92 Å². The van der Waals surface area contributed by atoms with Gasteiger partial charge >= 0.3 is 5.97 Å². The Bertz CT molecular complexity index is 630. The third kappa shape index (κ3) is 2.50. The van der Waals surface area contributed by atoms with Gasteiger partial charge in [0, 0.05) is 13.3 Å². The lowest BCUT2D eigenvalue weighted by molar-refractivity contribution is -0.165. The first-order valence-corrected chi connectivity index (χ1v) is 10.1. The van der Waals surface area contributed by atoms with Gasteiger partial charge in [0.15, 0.2) is 0 Å². The predicted octanol–water partition coefficient (Wildman–Crippen LogP) is 2.18. The van der Waals surface area contributed by atoms with E-state index in [4.69, 9.17) is 4.74 Å². The van der Waals surface area contributed by atoms with Gasteiger partial charge in [0.05, 0.1) is 18.3 Å².